The summed E-state index contributed by atoms with van der Waals surface area (Å²) in [6, 6.07) is 5.84. The summed E-state index contributed by atoms with van der Waals surface area (Å²) in [5.41, 5.74) is 9.81. The number of ether oxygens (including phenoxy) is 2. The Labute approximate surface area is 211 Å². The minimum Gasteiger partial charge on any atom is -0.471 e. The topological polar surface area (TPSA) is 100 Å². The average Bonchev–Trinajstić information content (AvgIpc) is 3.74. The molecule has 0 saturated heterocycles. The van der Waals surface area contributed by atoms with E-state index in [1.165, 1.54) is 0 Å². The van der Waals surface area contributed by atoms with E-state index in [0.29, 0.717) is 23.8 Å². The Kier molecular flexibility index (Phi) is 5.01. The zero-order valence-electron chi connectivity index (χ0n) is 21.7. The van der Waals surface area contributed by atoms with Gasteiger partial charge >= 0.3 is 5.97 Å². The molecule has 3 aromatic rings. The fourth-order valence-corrected chi connectivity index (χ4v) is 5.19. The Morgan fingerprint density at radius 2 is 1.86 bits per heavy atom. The highest BCUT2D eigenvalue weighted by Crippen LogP contribution is 2.47. The fraction of sp³-hybridized carbons (Fsp3) is 0.517. The van der Waals surface area contributed by atoms with Gasteiger partial charge in [0.1, 0.15) is 11.2 Å². The summed E-state index contributed by atoms with van der Waals surface area (Å²) in [6.45, 7) is 10.1. The molecule has 2 fully saturated rings. The Morgan fingerprint density at radius 3 is 2.56 bits per heavy atom. The summed E-state index contributed by atoms with van der Waals surface area (Å²) < 4.78 is 11.9. The molecule has 4 heterocycles. The van der Waals surface area contributed by atoms with Crippen LogP contribution in [-0.2, 0) is 16.7 Å². The number of cyclic esters (lactones) is 1. The van der Waals surface area contributed by atoms with E-state index in [2.05, 4.69) is 26.8 Å². The minimum atomic E-state index is -0.595. The molecule has 2 aliphatic carbocycles. The Balaban J connectivity index is 1.40. The zero-order chi connectivity index (χ0) is 25.5. The molecule has 0 spiro atoms. The number of nitrogens with zero attached hydrogens (tertiary/aromatic N) is 3. The summed E-state index contributed by atoms with van der Waals surface area (Å²) in [5, 5.41) is 1.94. The summed E-state index contributed by atoms with van der Waals surface area (Å²) in [4.78, 5) is 26.9. The summed E-state index contributed by atoms with van der Waals surface area (Å²) in [5.74, 6) is 0.763. The molecule has 2 saturated carbocycles. The van der Waals surface area contributed by atoms with Gasteiger partial charge in [-0.3, -0.25) is 9.97 Å². The molecule has 188 valence electrons. The number of nitrogens with two attached hydrogens (primary N) is 1. The van der Waals surface area contributed by atoms with Crippen LogP contribution < -0.4 is 10.5 Å². The van der Waals surface area contributed by atoms with Crippen LogP contribution in [0.25, 0.3) is 10.8 Å². The van der Waals surface area contributed by atoms with Crippen molar-refractivity contribution in [2.24, 2.45) is 11.7 Å². The molecule has 0 amide bonds. The van der Waals surface area contributed by atoms with Crippen molar-refractivity contribution in [2.45, 2.75) is 89.4 Å². The average molecular weight is 487 g/mol. The van der Waals surface area contributed by atoms with E-state index in [4.69, 9.17) is 30.2 Å². The second kappa shape index (κ2) is 7.72. The lowest BCUT2D eigenvalue weighted by Gasteiger charge is -2.36. The summed E-state index contributed by atoms with van der Waals surface area (Å²) in [7, 11) is 0. The Hall–Kier alpha value is -3.06. The monoisotopic (exact) mass is 486 g/mol. The highest BCUT2D eigenvalue weighted by Gasteiger charge is 2.43. The first-order valence-electron chi connectivity index (χ1n) is 13.0. The van der Waals surface area contributed by atoms with E-state index in [0.717, 1.165) is 59.1 Å². The van der Waals surface area contributed by atoms with Crippen molar-refractivity contribution < 1.29 is 14.3 Å². The van der Waals surface area contributed by atoms with Gasteiger partial charge in [-0.05, 0) is 88.4 Å². The highest BCUT2D eigenvalue weighted by atomic mass is 16.6. The number of aromatic nitrogens is 3. The molecule has 0 aromatic carbocycles. The van der Waals surface area contributed by atoms with E-state index in [9.17, 15) is 4.79 Å². The first-order valence-corrected chi connectivity index (χ1v) is 13.0. The number of hydrogen-bond acceptors (Lipinski definition) is 7. The number of carbonyl (C=O) groups excluding carboxylic acids is 1. The van der Waals surface area contributed by atoms with E-state index in [1.54, 1.807) is 0 Å². The van der Waals surface area contributed by atoms with Crippen molar-refractivity contribution in [1.29, 1.82) is 0 Å². The van der Waals surface area contributed by atoms with Gasteiger partial charge < -0.3 is 15.2 Å². The first kappa shape index (κ1) is 23.3. The minimum absolute atomic E-state index is 0.00706. The third-order valence-electron chi connectivity index (χ3n) is 8.47. The molecule has 0 bridgehead atoms. The third-order valence-corrected chi connectivity index (χ3v) is 8.47. The van der Waals surface area contributed by atoms with Crippen molar-refractivity contribution in [3.63, 3.8) is 0 Å². The van der Waals surface area contributed by atoms with Crippen molar-refractivity contribution in [3.8, 4) is 5.88 Å². The van der Waals surface area contributed by atoms with Crippen LogP contribution in [-0.4, -0.2) is 32.1 Å². The van der Waals surface area contributed by atoms with Crippen LogP contribution in [0.5, 0.6) is 5.88 Å². The molecule has 6 rings (SSSR count). The van der Waals surface area contributed by atoms with Crippen molar-refractivity contribution in [1.82, 2.24) is 15.0 Å². The molecule has 7 heteroatoms. The normalized spacial score (nSPS) is 23.5. The lowest BCUT2D eigenvalue weighted by Crippen LogP contribution is -2.39. The van der Waals surface area contributed by atoms with Crippen LogP contribution in [0.4, 0.5) is 0 Å². The van der Waals surface area contributed by atoms with Gasteiger partial charge in [0, 0.05) is 41.7 Å². The molecule has 0 unspecified atom stereocenters. The molecule has 3 aromatic heterocycles. The van der Waals surface area contributed by atoms with Crippen molar-refractivity contribution in [2.75, 3.05) is 0 Å². The van der Waals surface area contributed by atoms with Gasteiger partial charge in [0.15, 0.2) is 0 Å². The zero-order valence-corrected chi connectivity index (χ0v) is 21.7. The molecule has 36 heavy (non-hydrogen) atoms. The smallest absolute Gasteiger partial charge is 0.340 e. The number of fused-ring (bicyclic) bond motifs is 2. The number of pyridine rings is 3. The van der Waals surface area contributed by atoms with Crippen LogP contribution in [0.2, 0.25) is 0 Å². The molecule has 1 aliphatic heterocycles. The van der Waals surface area contributed by atoms with Crippen LogP contribution in [0.3, 0.4) is 0 Å². The van der Waals surface area contributed by atoms with Gasteiger partial charge in [-0.1, -0.05) is 6.92 Å². The molecular formula is C29H34N4O3. The van der Waals surface area contributed by atoms with Crippen molar-refractivity contribution >= 4 is 16.7 Å². The standard InChI is InChI=1S/C29H34N4O3/c1-16-24-20(26(34)36-27(16,2)3)9-8-18(33-24)12-19-13-21-22(14-31-19)25(35-28(4)10-11-28)32-15-23(21)29(5,30)17-6-7-17/h8-9,13-17H,6-7,10-12,30H2,1-5H3/t16-,29-/m1/s1. The van der Waals surface area contributed by atoms with Gasteiger partial charge in [0.25, 0.3) is 0 Å². The first-order chi connectivity index (χ1) is 17.0. The molecule has 7 nitrogen and oxygen atoms in total. The van der Waals surface area contributed by atoms with E-state index >= 15 is 0 Å². The van der Waals surface area contributed by atoms with Crippen molar-refractivity contribution in [3.05, 3.63) is 58.8 Å². The largest absolute Gasteiger partial charge is 0.471 e. The van der Waals surface area contributed by atoms with Crippen LogP contribution >= 0.6 is 0 Å². The number of hydrogen-bond donors (Lipinski definition) is 1. The SMILES string of the molecule is C[C@@H]1c2nc(Cc3cc4c([C@](C)(N)C5CC5)cnc(OC5(C)CC5)c4cn3)ccc2C(=O)OC1(C)C. The van der Waals surface area contributed by atoms with Crippen LogP contribution in [0, 0.1) is 5.92 Å². The maximum Gasteiger partial charge on any atom is 0.340 e. The fourth-order valence-electron chi connectivity index (χ4n) is 5.19. The lowest BCUT2D eigenvalue weighted by atomic mass is 9.84. The highest BCUT2D eigenvalue weighted by molar-refractivity contribution is 5.92. The predicted octanol–water partition coefficient (Wildman–Crippen LogP) is 5.18. The van der Waals surface area contributed by atoms with Gasteiger partial charge in [-0.25, -0.2) is 9.78 Å². The summed E-state index contributed by atoms with van der Waals surface area (Å²) >= 11 is 0. The van der Waals surface area contributed by atoms with Crippen LogP contribution in [0.1, 0.15) is 99.2 Å². The molecule has 0 radical (unpaired) electrons. The Bertz CT molecular complexity index is 1390. The number of rotatable bonds is 6. The quantitative estimate of drug-likeness (QED) is 0.479. The molecular weight excluding hydrogens is 452 g/mol. The lowest BCUT2D eigenvalue weighted by molar-refractivity contribution is -0.0190. The van der Waals surface area contributed by atoms with E-state index in [-0.39, 0.29) is 17.5 Å². The third kappa shape index (κ3) is 3.94. The van der Waals surface area contributed by atoms with Gasteiger partial charge in [-0.2, -0.15) is 0 Å². The van der Waals surface area contributed by atoms with E-state index in [1.807, 2.05) is 38.4 Å². The second-order valence-electron chi connectivity index (χ2n) is 11.9. The molecule has 2 N–H and O–H groups in total. The summed E-state index contributed by atoms with van der Waals surface area (Å²) in [6.07, 6.45) is 8.66. The number of carbonyl (C=O) groups is 1. The van der Waals surface area contributed by atoms with E-state index < -0.39 is 11.1 Å². The van der Waals surface area contributed by atoms with Gasteiger partial charge in [0.2, 0.25) is 5.88 Å². The van der Waals surface area contributed by atoms with Crippen LogP contribution in [0.15, 0.2) is 30.6 Å². The molecule has 3 aliphatic rings. The molecule has 2 atom stereocenters. The maximum absolute atomic E-state index is 12.5. The predicted molar refractivity (Wildman–Crippen MR) is 137 cm³/mol. The maximum atomic E-state index is 12.5. The second-order valence-corrected chi connectivity index (χ2v) is 11.9. The number of esters is 1. The van der Waals surface area contributed by atoms with Gasteiger partial charge in [-0.15, -0.1) is 0 Å². The van der Waals surface area contributed by atoms with Gasteiger partial charge in [0.05, 0.1) is 16.6 Å². The Morgan fingerprint density at radius 1 is 1.11 bits per heavy atom.